The van der Waals surface area contributed by atoms with Crippen molar-refractivity contribution >= 4 is 17.4 Å². The molecule has 0 aliphatic heterocycles. The Kier molecular flexibility index (Phi) is 5.11. The topological polar surface area (TPSA) is 81.4 Å². The Morgan fingerprint density at radius 1 is 1.24 bits per heavy atom. The molecule has 1 aromatic rings. The Balaban J connectivity index is 1.75. The number of hydrogen-bond acceptors (Lipinski definition) is 5. The van der Waals surface area contributed by atoms with Gasteiger partial charge >= 0.3 is 5.97 Å². The van der Waals surface area contributed by atoms with E-state index in [9.17, 15) is 9.59 Å². The van der Waals surface area contributed by atoms with Crippen LogP contribution >= 0.6 is 0 Å². The molecule has 0 bridgehead atoms. The van der Waals surface area contributed by atoms with E-state index in [4.69, 9.17) is 10.5 Å². The Labute approximate surface area is 148 Å². The highest BCUT2D eigenvalue weighted by atomic mass is 16.5. The van der Waals surface area contributed by atoms with Crippen molar-refractivity contribution in [2.75, 3.05) is 12.3 Å². The molecule has 3 rings (SSSR count). The molecule has 1 unspecified atom stereocenters. The summed E-state index contributed by atoms with van der Waals surface area (Å²) in [5, 5.41) is 3.33. The van der Waals surface area contributed by atoms with Crippen molar-refractivity contribution in [1.29, 1.82) is 0 Å². The molecule has 1 atom stereocenters. The van der Waals surface area contributed by atoms with Gasteiger partial charge in [0.15, 0.2) is 5.78 Å². The number of nitrogens with one attached hydrogen (secondary N) is 1. The van der Waals surface area contributed by atoms with Crippen LogP contribution in [0.25, 0.3) is 0 Å². The number of ketones is 1. The first-order valence-electron chi connectivity index (χ1n) is 9.09. The number of rotatable bonds is 6. The summed E-state index contributed by atoms with van der Waals surface area (Å²) < 4.78 is 5.23. The zero-order chi connectivity index (χ0) is 17.9. The fraction of sp³-hybridized carbons (Fsp3) is 0.500. The number of anilines is 1. The van der Waals surface area contributed by atoms with E-state index in [-0.39, 0.29) is 17.2 Å². The third-order valence-electron chi connectivity index (χ3n) is 5.29. The van der Waals surface area contributed by atoms with E-state index in [1.165, 1.54) is 6.42 Å². The SMILES string of the molecule is CCOC(=O)C(Cc1ccc(N)cc1)NC1=CC(=O)C12CCCCC2. The summed E-state index contributed by atoms with van der Waals surface area (Å²) in [4.78, 5) is 24.7. The smallest absolute Gasteiger partial charge is 0.328 e. The van der Waals surface area contributed by atoms with Crippen molar-refractivity contribution in [1.82, 2.24) is 5.32 Å². The monoisotopic (exact) mass is 342 g/mol. The number of nitrogen functional groups attached to an aromatic ring is 1. The van der Waals surface area contributed by atoms with Crippen LogP contribution in [0, 0.1) is 5.41 Å². The summed E-state index contributed by atoms with van der Waals surface area (Å²) in [5.74, 6) is -0.0877. The first kappa shape index (κ1) is 17.5. The number of benzene rings is 1. The van der Waals surface area contributed by atoms with E-state index in [2.05, 4.69) is 5.32 Å². The van der Waals surface area contributed by atoms with Crippen LogP contribution in [0.4, 0.5) is 5.69 Å². The molecule has 5 nitrogen and oxygen atoms in total. The van der Waals surface area contributed by atoms with Gasteiger partial charge in [0.2, 0.25) is 0 Å². The first-order valence-corrected chi connectivity index (χ1v) is 9.09. The van der Waals surface area contributed by atoms with Crippen LogP contribution < -0.4 is 11.1 Å². The van der Waals surface area contributed by atoms with E-state index in [0.717, 1.165) is 36.9 Å². The highest BCUT2D eigenvalue weighted by Crippen LogP contribution is 2.48. The summed E-state index contributed by atoms with van der Waals surface area (Å²) in [6.07, 6.45) is 7.21. The lowest BCUT2D eigenvalue weighted by atomic mass is 9.62. The van der Waals surface area contributed by atoms with Crippen molar-refractivity contribution < 1.29 is 14.3 Å². The summed E-state index contributed by atoms with van der Waals surface area (Å²) in [6, 6.07) is 6.99. The number of esters is 1. The molecule has 1 fully saturated rings. The van der Waals surface area contributed by atoms with Crippen LogP contribution in [0.3, 0.4) is 0 Å². The summed E-state index contributed by atoms with van der Waals surface area (Å²) in [5.41, 5.74) is 7.95. The normalized spacial score (nSPS) is 19.7. The minimum absolute atomic E-state index is 0.199. The van der Waals surface area contributed by atoms with Crippen LogP contribution in [0.1, 0.15) is 44.6 Å². The van der Waals surface area contributed by atoms with Crippen LogP contribution in [0.15, 0.2) is 36.0 Å². The van der Waals surface area contributed by atoms with E-state index >= 15 is 0 Å². The Morgan fingerprint density at radius 3 is 2.52 bits per heavy atom. The Hall–Kier alpha value is -2.30. The van der Waals surface area contributed by atoms with Crippen LogP contribution in [0.5, 0.6) is 0 Å². The molecule has 2 aliphatic rings. The van der Waals surface area contributed by atoms with Gasteiger partial charge in [-0.2, -0.15) is 0 Å². The second kappa shape index (κ2) is 7.30. The highest BCUT2D eigenvalue weighted by molar-refractivity contribution is 6.05. The Bertz CT molecular complexity index is 673. The first-order chi connectivity index (χ1) is 12.0. The van der Waals surface area contributed by atoms with Crippen molar-refractivity contribution in [3.8, 4) is 0 Å². The van der Waals surface area contributed by atoms with Gasteiger partial charge in [0.1, 0.15) is 6.04 Å². The van der Waals surface area contributed by atoms with Gasteiger partial charge in [0, 0.05) is 23.9 Å². The maximum atomic E-state index is 12.4. The zero-order valence-corrected chi connectivity index (χ0v) is 14.7. The summed E-state index contributed by atoms with van der Waals surface area (Å²) >= 11 is 0. The molecule has 0 amide bonds. The molecule has 1 saturated carbocycles. The molecular weight excluding hydrogens is 316 g/mol. The lowest BCUT2D eigenvalue weighted by molar-refractivity contribution is -0.146. The zero-order valence-electron chi connectivity index (χ0n) is 14.7. The maximum Gasteiger partial charge on any atom is 0.328 e. The van der Waals surface area contributed by atoms with Gasteiger partial charge in [0.05, 0.1) is 12.0 Å². The highest BCUT2D eigenvalue weighted by Gasteiger charge is 2.49. The van der Waals surface area contributed by atoms with Gasteiger partial charge < -0.3 is 15.8 Å². The minimum atomic E-state index is -0.498. The van der Waals surface area contributed by atoms with E-state index in [1.807, 2.05) is 24.3 Å². The lowest BCUT2D eigenvalue weighted by Crippen LogP contribution is -2.52. The molecule has 3 N–H and O–H groups in total. The Morgan fingerprint density at radius 2 is 1.92 bits per heavy atom. The van der Waals surface area contributed by atoms with Gasteiger partial charge in [-0.3, -0.25) is 4.79 Å². The number of allylic oxidation sites excluding steroid dienone is 2. The van der Waals surface area contributed by atoms with Crippen LogP contribution in [0.2, 0.25) is 0 Å². The molecule has 5 heteroatoms. The number of ether oxygens (including phenoxy) is 1. The predicted molar refractivity (Wildman–Crippen MR) is 96.7 cm³/mol. The summed E-state index contributed by atoms with van der Waals surface area (Å²) in [7, 11) is 0. The third-order valence-corrected chi connectivity index (χ3v) is 5.29. The predicted octanol–water partition coefficient (Wildman–Crippen LogP) is 2.75. The summed E-state index contributed by atoms with van der Waals surface area (Å²) in [6.45, 7) is 2.13. The van der Waals surface area contributed by atoms with Crippen LogP contribution in [-0.2, 0) is 20.7 Å². The van der Waals surface area contributed by atoms with Gasteiger partial charge in [-0.05, 0) is 37.5 Å². The molecule has 134 valence electrons. The number of carbonyl (C=O) groups excluding carboxylic acids is 2. The molecule has 2 aliphatic carbocycles. The minimum Gasteiger partial charge on any atom is -0.464 e. The number of hydrogen-bond donors (Lipinski definition) is 2. The second-order valence-electron chi connectivity index (χ2n) is 6.96. The average Bonchev–Trinajstić information content (AvgIpc) is 2.63. The average molecular weight is 342 g/mol. The molecule has 0 aromatic heterocycles. The standard InChI is InChI=1S/C20H26N2O3/c1-2-25-19(24)16(12-14-6-8-15(21)9-7-14)22-17-13-18(23)20(17)10-4-3-5-11-20/h6-9,13,16,22H,2-5,10-12,21H2,1H3. The molecule has 0 heterocycles. The van der Waals surface area contributed by atoms with Crippen molar-refractivity contribution in [3.05, 3.63) is 41.6 Å². The van der Waals surface area contributed by atoms with Gasteiger partial charge in [-0.15, -0.1) is 0 Å². The maximum absolute atomic E-state index is 12.4. The third kappa shape index (κ3) is 3.55. The number of carbonyl (C=O) groups is 2. The van der Waals surface area contributed by atoms with Crippen molar-refractivity contribution in [2.45, 2.75) is 51.5 Å². The lowest BCUT2D eigenvalue weighted by Gasteiger charge is -2.44. The fourth-order valence-corrected chi connectivity index (χ4v) is 3.83. The molecular formula is C20H26N2O3. The fourth-order valence-electron chi connectivity index (χ4n) is 3.83. The van der Waals surface area contributed by atoms with Crippen LogP contribution in [-0.4, -0.2) is 24.4 Å². The largest absolute Gasteiger partial charge is 0.464 e. The van der Waals surface area contributed by atoms with E-state index in [1.54, 1.807) is 13.0 Å². The van der Waals surface area contributed by atoms with E-state index in [0.29, 0.717) is 18.7 Å². The van der Waals surface area contributed by atoms with Gasteiger partial charge in [-0.25, -0.2) is 4.79 Å². The number of nitrogens with two attached hydrogens (primary N) is 1. The van der Waals surface area contributed by atoms with Crippen molar-refractivity contribution in [3.63, 3.8) is 0 Å². The van der Waals surface area contributed by atoms with Gasteiger partial charge in [-0.1, -0.05) is 31.4 Å². The van der Waals surface area contributed by atoms with Gasteiger partial charge in [0.25, 0.3) is 0 Å². The molecule has 1 spiro atoms. The second-order valence-corrected chi connectivity index (χ2v) is 6.96. The molecule has 0 radical (unpaired) electrons. The molecule has 1 aromatic carbocycles. The molecule has 25 heavy (non-hydrogen) atoms. The van der Waals surface area contributed by atoms with Crippen molar-refractivity contribution in [2.24, 2.45) is 5.41 Å². The quantitative estimate of drug-likeness (QED) is 0.614. The molecule has 0 saturated heterocycles. The van der Waals surface area contributed by atoms with E-state index < -0.39 is 6.04 Å².